The second kappa shape index (κ2) is 7.46. The van der Waals surface area contributed by atoms with E-state index in [1.165, 1.54) is 12.1 Å². The summed E-state index contributed by atoms with van der Waals surface area (Å²) in [6.45, 7) is -0.355. The Balaban J connectivity index is 1.95. The van der Waals surface area contributed by atoms with Crippen LogP contribution in [0.2, 0.25) is 0 Å². The SMILES string of the molecule is O=C(O)C1(CNS(=O)(=O)c2cccc(F)c2)CC=CC=C1c1ccccc1. The summed E-state index contributed by atoms with van der Waals surface area (Å²) in [5, 5.41) is 9.96. The Morgan fingerprint density at radius 1 is 1.15 bits per heavy atom. The van der Waals surface area contributed by atoms with Crippen LogP contribution in [0.3, 0.4) is 0 Å². The molecule has 1 atom stereocenters. The Bertz CT molecular complexity index is 1020. The molecule has 0 fully saturated rings. The van der Waals surface area contributed by atoms with Gasteiger partial charge in [0.15, 0.2) is 0 Å². The summed E-state index contributed by atoms with van der Waals surface area (Å²) in [5.41, 5.74) is -0.245. The minimum absolute atomic E-state index is 0.134. The number of aliphatic carboxylic acids is 1. The smallest absolute Gasteiger partial charge is 0.315 e. The number of carbonyl (C=O) groups is 1. The Kier molecular flexibility index (Phi) is 5.25. The van der Waals surface area contributed by atoms with E-state index in [4.69, 9.17) is 0 Å². The van der Waals surface area contributed by atoms with Crippen LogP contribution in [0.25, 0.3) is 5.57 Å². The van der Waals surface area contributed by atoms with E-state index in [0.29, 0.717) is 11.1 Å². The minimum Gasteiger partial charge on any atom is -0.481 e. The third-order valence-electron chi connectivity index (χ3n) is 4.55. The standard InChI is InChI=1S/C20H18FNO4S/c21-16-9-6-10-17(13-16)27(25,26)22-14-20(19(23)24)12-5-4-11-18(20)15-7-2-1-3-8-15/h1-11,13,22H,12,14H2,(H,23,24). The summed E-state index contributed by atoms with van der Waals surface area (Å²) in [6, 6.07) is 13.5. The van der Waals surface area contributed by atoms with E-state index in [0.717, 1.165) is 12.1 Å². The summed E-state index contributed by atoms with van der Waals surface area (Å²) in [5.74, 6) is -1.82. The minimum atomic E-state index is -4.06. The summed E-state index contributed by atoms with van der Waals surface area (Å²) in [7, 11) is -4.06. The Labute approximate surface area is 156 Å². The molecule has 0 aromatic heterocycles. The van der Waals surface area contributed by atoms with Crippen LogP contribution in [0.4, 0.5) is 4.39 Å². The van der Waals surface area contributed by atoms with Crippen molar-refractivity contribution >= 4 is 21.6 Å². The van der Waals surface area contributed by atoms with Gasteiger partial charge in [-0.15, -0.1) is 0 Å². The van der Waals surface area contributed by atoms with E-state index in [1.807, 2.05) is 6.07 Å². The van der Waals surface area contributed by atoms with Crippen LogP contribution in [0, 0.1) is 11.2 Å². The number of rotatable bonds is 6. The number of halogens is 1. The molecule has 0 heterocycles. The van der Waals surface area contributed by atoms with Crippen molar-refractivity contribution in [2.75, 3.05) is 6.54 Å². The number of hydrogen-bond donors (Lipinski definition) is 2. The molecular weight excluding hydrogens is 369 g/mol. The number of hydrogen-bond acceptors (Lipinski definition) is 3. The van der Waals surface area contributed by atoms with E-state index in [9.17, 15) is 22.7 Å². The average Bonchev–Trinajstić information content (AvgIpc) is 2.67. The van der Waals surface area contributed by atoms with Gasteiger partial charge in [0.1, 0.15) is 11.2 Å². The van der Waals surface area contributed by atoms with Crippen LogP contribution in [0.15, 0.2) is 77.7 Å². The fraction of sp³-hybridized carbons (Fsp3) is 0.150. The van der Waals surface area contributed by atoms with E-state index >= 15 is 0 Å². The van der Waals surface area contributed by atoms with E-state index in [-0.39, 0.29) is 17.9 Å². The molecule has 7 heteroatoms. The molecule has 0 spiro atoms. The highest BCUT2D eigenvalue weighted by Crippen LogP contribution is 2.41. The first kappa shape index (κ1) is 19.0. The highest BCUT2D eigenvalue weighted by Gasteiger charge is 2.43. The van der Waals surface area contributed by atoms with Crippen molar-refractivity contribution in [3.63, 3.8) is 0 Å². The molecule has 2 N–H and O–H groups in total. The molecule has 0 saturated heterocycles. The maximum atomic E-state index is 13.4. The van der Waals surface area contributed by atoms with Gasteiger partial charge in [0.2, 0.25) is 10.0 Å². The molecule has 1 unspecified atom stereocenters. The number of sulfonamides is 1. The second-order valence-corrected chi connectivity index (χ2v) is 8.01. The van der Waals surface area contributed by atoms with Crippen molar-refractivity contribution < 1.29 is 22.7 Å². The van der Waals surface area contributed by atoms with Gasteiger partial charge < -0.3 is 5.11 Å². The summed E-state index contributed by atoms with van der Waals surface area (Å²) < 4.78 is 40.8. The van der Waals surface area contributed by atoms with Gasteiger partial charge in [0.25, 0.3) is 0 Å². The Morgan fingerprint density at radius 2 is 1.89 bits per heavy atom. The molecule has 5 nitrogen and oxygen atoms in total. The quantitative estimate of drug-likeness (QED) is 0.797. The highest BCUT2D eigenvalue weighted by molar-refractivity contribution is 7.89. The Morgan fingerprint density at radius 3 is 2.56 bits per heavy atom. The molecule has 0 aliphatic heterocycles. The van der Waals surface area contributed by atoms with Gasteiger partial charge >= 0.3 is 5.97 Å². The molecule has 2 aromatic rings. The van der Waals surface area contributed by atoms with Crippen LogP contribution in [-0.4, -0.2) is 26.0 Å². The van der Waals surface area contributed by atoms with Gasteiger partial charge in [-0.3, -0.25) is 4.79 Å². The van der Waals surface area contributed by atoms with Gasteiger partial charge in [0, 0.05) is 6.54 Å². The summed E-state index contributed by atoms with van der Waals surface area (Å²) in [4.78, 5) is 11.9. The molecule has 0 saturated carbocycles. The van der Waals surface area contributed by atoms with Crippen molar-refractivity contribution in [2.24, 2.45) is 5.41 Å². The molecular formula is C20H18FNO4S. The van der Waals surface area contributed by atoms with Gasteiger partial charge in [-0.1, -0.05) is 54.6 Å². The number of allylic oxidation sites excluding steroid dienone is 3. The number of carboxylic acids is 1. The fourth-order valence-corrected chi connectivity index (χ4v) is 4.20. The van der Waals surface area contributed by atoms with Crippen molar-refractivity contribution in [2.45, 2.75) is 11.3 Å². The normalized spacial score (nSPS) is 19.5. The Hall–Kier alpha value is -2.77. The molecule has 140 valence electrons. The van der Waals surface area contributed by atoms with Gasteiger partial charge in [-0.2, -0.15) is 0 Å². The number of benzene rings is 2. The largest absolute Gasteiger partial charge is 0.481 e. The lowest BCUT2D eigenvalue weighted by atomic mass is 9.72. The average molecular weight is 387 g/mol. The maximum absolute atomic E-state index is 13.4. The summed E-state index contributed by atoms with van der Waals surface area (Å²) in [6.07, 6.45) is 5.26. The van der Waals surface area contributed by atoms with Crippen molar-refractivity contribution in [1.29, 1.82) is 0 Å². The predicted molar refractivity (Wildman–Crippen MR) is 99.8 cm³/mol. The van der Waals surface area contributed by atoms with Crippen molar-refractivity contribution in [3.05, 3.63) is 84.2 Å². The van der Waals surface area contributed by atoms with Crippen molar-refractivity contribution in [3.8, 4) is 0 Å². The molecule has 2 aromatic carbocycles. The zero-order valence-electron chi connectivity index (χ0n) is 14.3. The maximum Gasteiger partial charge on any atom is 0.315 e. The zero-order chi connectivity index (χ0) is 19.5. The van der Waals surface area contributed by atoms with Crippen LogP contribution >= 0.6 is 0 Å². The van der Waals surface area contributed by atoms with E-state index < -0.39 is 27.2 Å². The number of nitrogens with one attached hydrogen (secondary N) is 1. The van der Waals surface area contributed by atoms with Crippen LogP contribution in [-0.2, 0) is 14.8 Å². The van der Waals surface area contributed by atoms with Gasteiger partial charge in [-0.25, -0.2) is 17.5 Å². The molecule has 1 aliphatic carbocycles. The lowest BCUT2D eigenvalue weighted by Crippen LogP contribution is -2.44. The zero-order valence-corrected chi connectivity index (χ0v) is 15.1. The first-order valence-electron chi connectivity index (χ1n) is 8.26. The third-order valence-corrected chi connectivity index (χ3v) is 5.94. The first-order valence-corrected chi connectivity index (χ1v) is 9.75. The predicted octanol–water partition coefficient (Wildman–Crippen LogP) is 3.22. The van der Waals surface area contributed by atoms with E-state index in [1.54, 1.807) is 42.5 Å². The third kappa shape index (κ3) is 3.84. The molecule has 0 amide bonds. The lowest BCUT2D eigenvalue weighted by molar-refractivity contribution is -0.144. The second-order valence-electron chi connectivity index (χ2n) is 6.25. The van der Waals surface area contributed by atoms with Gasteiger partial charge in [0.05, 0.1) is 4.90 Å². The monoisotopic (exact) mass is 387 g/mol. The van der Waals surface area contributed by atoms with Crippen molar-refractivity contribution in [1.82, 2.24) is 4.72 Å². The first-order chi connectivity index (χ1) is 12.8. The molecule has 0 bridgehead atoms. The highest BCUT2D eigenvalue weighted by atomic mass is 32.2. The van der Waals surface area contributed by atoms with Crippen LogP contribution < -0.4 is 4.72 Å². The van der Waals surface area contributed by atoms with Crippen LogP contribution in [0.5, 0.6) is 0 Å². The van der Waals surface area contributed by atoms with Crippen LogP contribution in [0.1, 0.15) is 12.0 Å². The summed E-state index contributed by atoms with van der Waals surface area (Å²) >= 11 is 0. The van der Waals surface area contributed by atoms with Gasteiger partial charge in [-0.05, 0) is 35.8 Å². The molecule has 1 aliphatic rings. The molecule has 27 heavy (non-hydrogen) atoms. The fourth-order valence-electron chi connectivity index (χ4n) is 3.07. The molecule has 0 radical (unpaired) electrons. The van der Waals surface area contributed by atoms with E-state index in [2.05, 4.69) is 4.72 Å². The molecule has 3 rings (SSSR count). The number of carboxylic acid groups (broad SMARTS) is 1. The lowest BCUT2D eigenvalue weighted by Gasteiger charge is -2.33. The topological polar surface area (TPSA) is 83.5 Å².